The van der Waals surface area contributed by atoms with E-state index < -0.39 is 36.6 Å². The van der Waals surface area contributed by atoms with Crippen LogP contribution >= 0.6 is 0 Å². The molecule has 4 atom stereocenters. The zero-order valence-corrected chi connectivity index (χ0v) is 7.41. The average molecular weight is 215 g/mol. The molecular formula is C6H13ClNO5-. The van der Waals surface area contributed by atoms with E-state index in [-0.39, 0.29) is 12.4 Å². The van der Waals surface area contributed by atoms with Gasteiger partial charge in [0, 0.05) is 0 Å². The zero-order valence-electron chi connectivity index (χ0n) is 6.66. The van der Waals surface area contributed by atoms with Gasteiger partial charge in [-0.3, -0.25) is 0 Å². The fourth-order valence-electron chi connectivity index (χ4n) is 1.26. The van der Waals surface area contributed by atoms with Crippen molar-refractivity contribution >= 4 is 0 Å². The third-order valence-electron chi connectivity index (χ3n) is 2.19. The van der Waals surface area contributed by atoms with E-state index in [1.165, 1.54) is 0 Å². The summed E-state index contributed by atoms with van der Waals surface area (Å²) in [6, 6.07) is -1.14. The highest BCUT2D eigenvalue weighted by atomic mass is 35.5. The van der Waals surface area contributed by atoms with Crippen molar-refractivity contribution in [1.29, 1.82) is 0 Å². The first-order valence-electron chi connectivity index (χ1n) is 3.62. The van der Waals surface area contributed by atoms with Crippen LogP contribution in [0.2, 0.25) is 0 Å². The standard InChI is InChI=1S/C6H13NO5.ClH/c7-1-2(8)4(10)6(12)5(11)3(1)9;/h1-6,8-12H,7H2;1H/p-1. The van der Waals surface area contributed by atoms with E-state index in [4.69, 9.17) is 31.3 Å². The van der Waals surface area contributed by atoms with Gasteiger partial charge >= 0.3 is 0 Å². The Morgan fingerprint density at radius 3 is 1.15 bits per heavy atom. The topological polar surface area (TPSA) is 127 Å². The maximum atomic E-state index is 9.10. The molecule has 7 heteroatoms. The lowest BCUT2D eigenvalue weighted by molar-refractivity contribution is -0.184. The molecule has 0 saturated heterocycles. The molecule has 1 fully saturated rings. The molecule has 7 N–H and O–H groups in total. The Labute approximate surface area is 81.0 Å². The highest BCUT2D eigenvalue weighted by Crippen LogP contribution is 2.19. The first-order chi connectivity index (χ1) is 5.46. The third-order valence-corrected chi connectivity index (χ3v) is 2.19. The van der Waals surface area contributed by atoms with Gasteiger partial charge in [0.15, 0.2) is 0 Å². The minimum atomic E-state index is -1.56. The Balaban J connectivity index is 0.00000144. The molecule has 0 aromatic heterocycles. The maximum Gasteiger partial charge on any atom is 0.111 e. The van der Waals surface area contributed by atoms with Crippen LogP contribution in [0.15, 0.2) is 0 Å². The van der Waals surface area contributed by atoms with Crippen molar-refractivity contribution < 1.29 is 37.9 Å². The van der Waals surface area contributed by atoms with E-state index in [9.17, 15) is 0 Å². The van der Waals surface area contributed by atoms with Gasteiger partial charge in [-0.05, 0) is 0 Å². The van der Waals surface area contributed by atoms with Crippen LogP contribution in [-0.2, 0) is 0 Å². The van der Waals surface area contributed by atoms with Gasteiger partial charge in [0.05, 0.1) is 6.04 Å². The number of hydrogen-bond acceptors (Lipinski definition) is 6. The van der Waals surface area contributed by atoms with Crippen LogP contribution in [0.5, 0.6) is 0 Å². The molecule has 1 saturated carbocycles. The summed E-state index contributed by atoms with van der Waals surface area (Å²) >= 11 is 0. The number of nitrogens with two attached hydrogens (primary N) is 1. The molecule has 4 unspecified atom stereocenters. The molecule has 0 radical (unpaired) electrons. The second kappa shape index (κ2) is 4.52. The molecule has 80 valence electrons. The van der Waals surface area contributed by atoms with Crippen molar-refractivity contribution in [2.75, 3.05) is 0 Å². The minimum Gasteiger partial charge on any atom is -1.00 e. The van der Waals surface area contributed by atoms with E-state index in [1.54, 1.807) is 0 Å². The fraction of sp³-hybridized carbons (Fsp3) is 1.00. The molecule has 6 nitrogen and oxygen atoms in total. The van der Waals surface area contributed by atoms with Crippen molar-refractivity contribution in [3.05, 3.63) is 0 Å². The fourth-order valence-corrected chi connectivity index (χ4v) is 1.26. The summed E-state index contributed by atoms with van der Waals surface area (Å²) in [6.07, 6.45) is -7.43. The van der Waals surface area contributed by atoms with Crippen LogP contribution in [0, 0.1) is 0 Å². The summed E-state index contributed by atoms with van der Waals surface area (Å²) < 4.78 is 0. The van der Waals surface area contributed by atoms with Crippen LogP contribution < -0.4 is 18.1 Å². The van der Waals surface area contributed by atoms with Gasteiger partial charge in [-0.15, -0.1) is 0 Å². The molecule has 13 heavy (non-hydrogen) atoms. The predicted octanol–water partition coefficient (Wildman–Crippen LogP) is -6.86. The highest BCUT2D eigenvalue weighted by molar-refractivity contribution is 5.00. The summed E-state index contributed by atoms with van der Waals surface area (Å²) in [7, 11) is 0. The number of aliphatic hydroxyl groups is 5. The van der Waals surface area contributed by atoms with Crippen LogP contribution in [-0.4, -0.2) is 62.1 Å². The highest BCUT2D eigenvalue weighted by Gasteiger charge is 2.46. The SMILES string of the molecule is NC1C(O)C(O)C(O)C(O)C1O.[Cl-]. The normalized spacial score (nSPS) is 51.2. The second-order valence-corrected chi connectivity index (χ2v) is 3.03. The largest absolute Gasteiger partial charge is 1.00 e. The van der Waals surface area contributed by atoms with Crippen molar-refractivity contribution in [3.8, 4) is 0 Å². The smallest absolute Gasteiger partial charge is 0.111 e. The molecule has 1 aliphatic rings. The van der Waals surface area contributed by atoms with Gasteiger partial charge in [0.25, 0.3) is 0 Å². The Kier molecular flexibility index (Phi) is 4.53. The number of halogens is 1. The number of rotatable bonds is 0. The molecular weight excluding hydrogens is 202 g/mol. The van der Waals surface area contributed by atoms with E-state index in [2.05, 4.69) is 0 Å². The summed E-state index contributed by atoms with van der Waals surface area (Å²) in [5, 5.41) is 45.3. The first-order valence-corrected chi connectivity index (χ1v) is 3.62. The number of hydrogen-bond donors (Lipinski definition) is 6. The van der Waals surface area contributed by atoms with Crippen LogP contribution in [0.25, 0.3) is 0 Å². The maximum absolute atomic E-state index is 9.10. The van der Waals surface area contributed by atoms with Crippen LogP contribution in [0.1, 0.15) is 0 Å². The summed E-state index contributed by atoms with van der Waals surface area (Å²) in [5.41, 5.74) is 5.23. The molecule has 1 aliphatic carbocycles. The average Bonchev–Trinajstić information content (AvgIpc) is 2.08. The van der Waals surface area contributed by atoms with Gasteiger partial charge in [-0.1, -0.05) is 0 Å². The Hall–Kier alpha value is 0.0500. The van der Waals surface area contributed by atoms with Crippen molar-refractivity contribution in [2.24, 2.45) is 5.73 Å². The third kappa shape index (κ3) is 2.10. The lowest BCUT2D eigenvalue weighted by Crippen LogP contribution is -3.00. The van der Waals surface area contributed by atoms with Gasteiger partial charge in [-0.2, -0.15) is 0 Å². The predicted molar refractivity (Wildman–Crippen MR) is 38.0 cm³/mol. The quantitative estimate of drug-likeness (QED) is 0.238. The summed E-state index contributed by atoms with van der Waals surface area (Å²) in [6.45, 7) is 0. The van der Waals surface area contributed by atoms with Gasteiger partial charge < -0.3 is 43.7 Å². The van der Waals surface area contributed by atoms with Crippen molar-refractivity contribution in [2.45, 2.75) is 36.6 Å². The van der Waals surface area contributed by atoms with Gasteiger partial charge in [0.1, 0.15) is 30.5 Å². The molecule has 0 aromatic rings. The van der Waals surface area contributed by atoms with E-state index >= 15 is 0 Å². The molecule has 0 aliphatic heterocycles. The van der Waals surface area contributed by atoms with E-state index in [0.717, 1.165) is 0 Å². The second-order valence-electron chi connectivity index (χ2n) is 3.03. The number of aliphatic hydroxyl groups excluding tert-OH is 5. The Bertz CT molecular complexity index is 113. The van der Waals surface area contributed by atoms with Crippen LogP contribution in [0.4, 0.5) is 0 Å². The summed E-state index contributed by atoms with van der Waals surface area (Å²) in [4.78, 5) is 0. The van der Waals surface area contributed by atoms with Crippen molar-refractivity contribution in [3.63, 3.8) is 0 Å². The minimum absolute atomic E-state index is 0. The first kappa shape index (κ1) is 13.1. The van der Waals surface area contributed by atoms with Crippen LogP contribution in [0.3, 0.4) is 0 Å². The van der Waals surface area contributed by atoms with E-state index in [0.29, 0.717) is 0 Å². The molecule has 0 bridgehead atoms. The molecule has 1 rings (SSSR count). The lowest BCUT2D eigenvalue weighted by Gasteiger charge is -2.40. The van der Waals surface area contributed by atoms with E-state index in [1.807, 2.05) is 0 Å². The van der Waals surface area contributed by atoms with Crippen molar-refractivity contribution in [1.82, 2.24) is 0 Å². The molecule has 0 spiro atoms. The molecule has 0 aromatic carbocycles. The lowest BCUT2D eigenvalue weighted by atomic mass is 9.84. The zero-order chi connectivity index (χ0) is 9.46. The molecule has 0 heterocycles. The van der Waals surface area contributed by atoms with Gasteiger partial charge in [0.2, 0.25) is 0 Å². The Morgan fingerprint density at radius 2 is 0.846 bits per heavy atom. The monoisotopic (exact) mass is 214 g/mol. The Morgan fingerprint density at radius 1 is 0.615 bits per heavy atom. The summed E-state index contributed by atoms with van der Waals surface area (Å²) in [5.74, 6) is 0. The molecule has 0 amide bonds. The van der Waals surface area contributed by atoms with Gasteiger partial charge in [-0.25, -0.2) is 0 Å².